The number of hydrogen-bond acceptors (Lipinski definition) is 3. The van der Waals surface area contributed by atoms with E-state index in [1.807, 2.05) is 24.3 Å². The number of unbranched alkanes of at least 4 members (excludes halogenated alkanes) is 8. The van der Waals surface area contributed by atoms with Gasteiger partial charge in [0.2, 0.25) is 5.91 Å². The highest BCUT2D eigenvalue weighted by Gasteiger charge is 2.13. The second kappa shape index (κ2) is 12.4. The Bertz CT molecular complexity index is 1280. The Morgan fingerprint density at radius 2 is 1.67 bits per heavy atom. The molecule has 0 atom stereocenters. The summed E-state index contributed by atoms with van der Waals surface area (Å²) in [5, 5.41) is 0.930. The average molecular weight is 487 g/mol. The van der Waals surface area contributed by atoms with Gasteiger partial charge in [0.25, 0.3) is 0 Å². The molecule has 1 amide bonds. The van der Waals surface area contributed by atoms with Crippen molar-refractivity contribution in [3.05, 3.63) is 59.4 Å². The normalized spacial score (nSPS) is 14.2. The fourth-order valence-electron chi connectivity index (χ4n) is 4.71. The van der Waals surface area contributed by atoms with Gasteiger partial charge in [0.05, 0.1) is 29.9 Å². The molecular formula is C30H38N4O2. The largest absolute Gasteiger partial charge is 0.494 e. The first-order valence-electron chi connectivity index (χ1n) is 13.2. The molecule has 4 rings (SSSR count). The van der Waals surface area contributed by atoms with Crippen LogP contribution in [0.2, 0.25) is 0 Å². The lowest BCUT2D eigenvalue weighted by Gasteiger charge is -2.02. The minimum absolute atomic E-state index is 0.433. The van der Waals surface area contributed by atoms with Gasteiger partial charge in [0, 0.05) is 28.2 Å². The van der Waals surface area contributed by atoms with Gasteiger partial charge in [-0.3, -0.25) is 9.79 Å². The molecule has 0 aliphatic carbocycles. The Kier molecular flexibility index (Phi) is 8.82. The molecule has 36 heavy (non-hydrogen) atoms. The number of allylic oxidation sites excluding steroid dienone is 2. The van der Waals surface area contributed by atoms with Crippen LogP contribution in [0.15, 0.2) is 53.2 Å². The molecular weight excluding hydrogens is 448 g/mol. The number of nitrogens with zero attached hydrogens (tertiary/aromatic N) is 1. The topological polar surface area (TPSA) is 96.3 Å². The molecule has 0 saturated carbocycles. The minimum atomic E-state index is -0.433. The van der Waals surface area contributed by atoms with Gasteiger partial charge in [-0.2, -0.15) is 0 Å². The summed E-state index contributed by atoms with van der Waals surface area (Å²) in [6.45, 7) is 2.27. The minimum Gasteiger partial charge on any atom is -0.494 e. The van der Waals surface area contributed by atoms with Crippen LogP contribution >= 0.6 is 0 Å². The number of benzene rings is 1. The van der Waals surface area contributed by atoms with E-state index in [2.05, 4.69) is 29.0 Å². The zero-order valence-corrected chi connectivity index (χ0v) is 21.5. The van der Waals surface area contributed by atoms with Gasteiger partial charge in [-0.15, -0.1) is 0 Å². The van der Waals surface area contributed by atoms with Crippen LogP contribution in [0.25, 0.3) is 28.4 Å². The van der Waals surface area contributed by atoms with Crippen molar-refractivity contribution in [3.8, 4) is 17.1 Å². The number of rotatable bonds is 14. The van der Waals surface area contributed by atoms with E-state index < -0.39 is 5.91 Å². The molecule has 0 bridgehead atoms. The summed E-state index contributed by atoms with van der Waals surface area (Å²) >= 11 is 0. The van der Waals surface area contributed by atoms with Gasteiger partial charge in [0.15, 0.2) is 0 Å². The number of carbonyl (C=O) groups excluding carboxylic acids is 1. The van der Waals surface area contributed by atoms with Crippen molar-refractivity contribution in [2.45, 2.75) is 71.1 Å². The van der Waals surface area contributed by atoms with E-state index in [-0.39, 0.29) is 0 Å². The highest BCUT2D eigenvalue weighted by atomic mass is 16.5. The van der Waals surface area contributed by atoms with Crippen molar-refractivity contribution in [1.29, 1.82) is 0 Å². The van der Waals surface area contributed by atoms with Crippen molar-refractivity contribution in [3.63, 3.8) is 0 Å². The SMILES string of the molecule is CCCCCCCCCCCC1=NC(=Cc2[nH]c(-c3cc4cc(C(N)=O)ccc4[nH]3)cc2OC)C=C1. The van der Waals surface area contributed by atoms with E-state index in [1.54, 1.807) is 19.2 Å². The molecule has 1 aromatic carbocycles. The highest BCUT2D eigenvalue weighted by Crippen LogP contribution is 2.31. The number of fused-ring (bicyclic) bond motifs is 1. The molecule has 0 fully saturated rings. The number of nitrogens with two attached hydrogens (primary N) is 1. The molecule has 1 aliphatic rings. The number of carbonyl (C=O) groups is 1. The molecule has 1 aliphatic heterocycles. The first-order chi connectivity index (χ1) is 17.6. The fraction of sp³-hybridized carbons (Fsp3) is 0.400. The number of aromatic amines is 2. The lowest BCUT2D eigenvalue weighted by Crippen LogP contribution is -2.10. The first kappa shape index (κ1) is 25.5. The summed E-state index contributed by atoms with van der Waals surface area (Å²) in [7, 11) is 1.67. The Labute approximate surface area is 213 Å². The van der Waals surface area contributed by atoms with Gasteiger partial charge in [0.1, 0.15) is 5.75 Å². The predicted octanol–water partition coefficient (Wildman–Crippen LogP) is 7.54. The van der Waals surface area contributed by atoms with Crippen LogP contribution in [0.1, 0.15) is 87.2 Å². The number of aromatic nitrogens is 2. The average Bonchev–Trinajstić information content (AvgIpc) is 3.60. The lowest BCUT2D eigenvalue weighted by atomic mass is 10.1. The third kappa shape index (κ3) is 6.56. The molecule has 0 unspecified atom stereocenters. The molecule has 0 saturated heterocycles. The van der Waals surface area contributed by atoms with Crippen LogP contribution in [0.5, 0.6) is 5.75 Å². The van der Waals surface area contributed by atoms with Crippen molar-refractivity contribution in [1.82, 2.24) is 9.97 Å². The molecule has 0 radical (unpaired) electrons. The van der Waals surface area contributed by atoms with Gasteiger partial charge in [-0.05, 0) is 55.3 Å². The standard InChI is InChI=1S/C30H38N4O2/c1-3-4-5-6-7-8-9-10-11-12-23-14-15-24(32-23)19-28-29(36-2)20-27(34-28)26-18-22-17-21(30(31)35)13-16-25(22)33-26/h13-20,33-34H,3-12H2,1-2H3,(H2,31,35). The number of ether oxygens (including phenoxy) is 1. The van der Waals surface area contributed by atoms with E-state index in [4.69, 9.17) is 15.5 Å². The lowest BCUT2D eigenvalue weighted by molar-refractivity contribution is 0.100. The smallest absolute Gasteiger partial charge is 0.248 e. The summed E-state index contributed by atoms with van der Waals surface area (Å²) in [4.78, 5) is 23.2. The van der Waals surface area contributed by atoms with Gasteiger partial charge < -0.3 is 20.4 Å². The molecule has 3 heterocycles. The number of methoxy groups -OCH3 is 1. The Morgan fingerprint density at radius 3 is 2.39 bits per heavy atom. The maximum absolute atomic E-state index is 11.5. The van der Waals surface area contributed by atoms with E-state index in [9.17, 15) is 4.79 Å². The van der Waals surface area contributed by atoms with Gasteiger partial charge >= 0.3 is 0 Å². The molecule has 3 aromatic rings. The van der Waals surface area contributed by atoms with E-state index in [0.717, 1.165) is 51.6 Å². The summed E-state index contributed by atoms with van der Waals surface area (Å²) < 4.78 is 5.62. The van der Waals surface area contributed by atoms with Crippen LogP contribution in [0.4, 0.5) is 0 Å². The molecule has 6 heteroatoms. The zero-order valence-electron chi connectivity index (χ0n) is 21.5. The second-order valence-corrected chi connectivity index (χ2v) is 9.60. The zero-order chi connectivity index (χ0) is 25.3. The second-order valence-electron chi connectivity index (χ2n) is 9.60. The van der Waals surface area contributed by atoms with E-state index >= 15 is 0 Å². The maximum Gasteiger partial charge on any atom is 0.248 e. The summed E-state index contributed by atoms with van der Waals surface area (Å²) in [5.74, 6) is 0.322. The summed E-state index contributed by atoms with van der Waals surface area (Å²) in [5.41, 5.74) is 11.6. The third-order valence-corrected chi connectivity index (χ3v) is 6.77. The van der Waals surface area contributed by atoms with Crippen molar-refractivity contribution >= 4 is 28.6 Å². The number of amides is 1. The fourth-order valence-corrected chi connectivity index (χ4v) is 4.71. The maximum atomic E-state index is 11.5. The number of aliphatic imine (C=N–C) groups is 1. The summed E-state index contributed by atoms with van der Waals surface area (Å²) in [6, 6.07) is 9.37. The molecule has 2 aromatic heterocycles. The molecule has 190 valence electrons. The quantitative estimate of drug-likeness (QED) is 0.205. The monoisotopic (exact) mass is 486 g/mol. The van der Waals surface area contributed by atoms with Crippen molar-refractivity contribution in [2.24, 2.45) is 10.7 Å². The third-order valence-electron chi connectivity index (χ3n) is 6.77. The van der Waals surface area contributed by atoms with Crippen LogP contribution in [-0.2, 0) is 0 Å². The first-order valence-corrected chi connectivity index (χ1v) is 13.2. The van der Waals surface area contributed by atoms with E-state index in [0.29, 0.717) is 5.56 Å². The van der Waals surface area contributed by atoms with Crippen LogP contribution in [0, 0.1) is 0 Å². The Morgan fingerprint density at radius 1 is 0.944 bits per heavy atom. The molecule has 0 spiro atoms. The van der Waals surface area contributed by atoms with Crippen LogP contribution in [0.3, 0.4) is 0 Å². The van der Waals surface area contributed by atoms with Crippen LogP contribution in [-0.4, -0.2) is 28.7 Å². The highest BCUT2D eigenvalue weighted by molar-refractivity contribution is 5.99. The predicted molar refractivity (Wildman–Crippen MR) is 150 cm³/mol. The Hall–Kier alpha value is -3.54. The number of hydrogen-bond donors (Lipinski definition) is 3. The molecule has 6 nitrogen and oxygen atoms in total. The van der Waals surface area contributed by atoms with Crippen LogP contribution < -0.4 is 10.5 Å². The Balaban J connectivity index is 1.35. The summed E-state index contributed by atoms with van der Waals surface area (Å²) in [6.07, 6.45) is 19.2. The van der Waals surface area contributed by atoms with Gasteiger partial charge in [-0.1, -0.05) is 58.3 Å². The number of primary amides is 1. The van der Waals surface area contributed by atoms with Crippen molar-refractivity contribution < 1.29 is 9.53 Å². The number of nitrogens with one attached hydrogen (secondary N) is 2. The van der Waals surface area contributed by atoms with E-state index in [1.165, 1.54) is 57.8 Å². The number of H-pyrrole nitrogens is 2. The van der Waals surface area contributed by atoms with Gasteiger partial charge in [-0.25, -0.2) is 0 Å². The van der Waals surface area contributed by atoms with Crippen molar-refractivity contribution in [2.75, 3.05) is 7.11 Å². The molecule has 4 N–H and O–H groups in total.